The number of carbonyl (C=O) groups is 1. The number of rotatable bonds is 4. The van der Waals surface area contributed by atoms with E-state index in [4.69, 9.17) is 5.90 Å². The van der Waals surface area contributed by atoms with Gasteiger partial charge >= 0.3 is 0 Å². The molecule has 0 spiro atoms. The topological polar surface area (TPSA) is 55.6 Å². The summed E-state index contributed by atoms with van der Waals surface area (Å²) >= 11 is 3.44. The lowest BCUT2D eigenvalue weighted by molar-refractivity contribution is 0.0513. The number of carbonyl (C=O) groups excluding carboxylic acids is 1. The number of benzene rings is 1. The number of halogens is 1. The number of amides is 1. The molecule has 1 amide bonds. The van der Waals surface area contributed by atoms with E-state index in [9.17, 15) is 4.79 Å². The minimum atomic E-state index is 0.0918. The molecule has 0 radical (unpaired) electrons. The van der Waals surface area contributed by atoms with Gasteiger partial charge in [-0.3, -0.25) is 4.79 Å². The molecule has 0 saturated carbocycles. The maximum atomic E-state index is 12.6. The first-order chi connectivity index (χ1) is 9.24. The van der Waals surface area contributed by atoms with Crippen LogP contribution in [0.3, 0.4) is 0 Å². The standard InChI is InChI=1S/C14H19BrN2O2/c15-13-7-2-1-6-12(13)14(18)17-9-4-3-5-11(17)8-10-19-16/h1-2,6-7,11H,3-5,8-10,16H2. The van der Waals surface area contributed by atoms with Gasteiger partial charge in [0.05, 0.1) is 12.2 Å². The fraction of sp³-hybridized carbons (Fsp3) is 0.500. The van der Waals surface area contributed by atoms with Crippen molar-refractivity contribution in [3.8, 4) is 0 Å². The van der Waals surface area contributed by atoms with E-state index in [1.807, 2.05) is 29.2 Å². The highest BCUT2D eigenvalue weighted by molar-refractivity contribution is 9.10. The minimum Gasteiger partial charge on any atom is -0.336 e. The Morgan fingerprint density at radius 3 is 2.95 bits per heavy atom. The molecule has 2 rings (SSSR count). The molecule has 0 aromatic heterocycles. The molecule has 1 saturated heterocycles. The van der Waals surface area contributed by atoms with Gasteiger partial charge < -0.3 is 9.74 Å². The summed E-state index contributed by atoms with van der Waals surface area (Å²) in [7, 11) is 0. The van der Waals surface area contributed by atoms with Crippen LogP contribution >= 0.6 is 15.9 Å². The average Bonchev–Trinajstić information content (AvgIpc) is 2.45. The van der Waals surface area contributed by atoms with Gasteiger partial charge in [0.15, 0.2) is 0 Å². The van der Waals surface area contributed by atoms with Crippen LogP contribution in [0, 0.1) is 0 Å². The van der Waals surface area contributed by atoms with Crippen molar-refractivity contribution in [3.05, 3.63) is 34.3 Å². The summed E-state index contributed by atoms with van der Waals surface area (Å²) in [5.74, 6) is 5.18. The normalized spacial score (nSPS) is 19.5. The molecule has 1 aliphatic rings. The third-order valence-electron chi connectivity index (χ3n) is 3.56. The molecule has 2 N–H and O–H groups in total. The predicted octanol–water partition coefficient (Wildman–Crippen LogP) is 2.72. The number of hydrogen-bond acceptors (Lipinski definition) is 3. The molecule has 1 aromatic rings. The Labute approximate surface area is 122 Å². The van der Waals surface area contributed by atoms with E-state index in [0.717, 1.165) is 42.3 Å². The van der Waals surface area contributed by atoms with Crippen molar-refractivity contribution in [3.63, 3.8) is 0 Å². The molecule has 19 heavy (non-hydrogen) atoms. The maximum absolute atomic E-state index is 12.6. The SMILES string of the molecule is NOCCC1CCCCN1C(=O)c1ccccc1Br. The van der Waals surface area contributed by atoms with Crippen LogP contribution in [0.2, 0.25) is 0 Å². The molecule has 0 bridgehead atoms. The van der Waals surface area contributed by atoms with Crippen LogP contribution in [0.25, 0.3) is 0 Å². The fourth-order valence-electron chi connectivity index (χ4n) is 2.56. The summed E-state index contributed by atoms with van der Waals surface area (Å²) in [5.41, 5.74) is 0.725. The molecule has 5 heteroatoms. The van der Waals surface area contributed by atoms with Crippen LogP contribution in [0.4, 0.5) is 0 Å². The molecule has 4 nitrogen and oxygen atoms in total. The van der Waals surface area contributed by atoms with Gasteiger partial charge in [0, 0.05) is 17.1 Å². The Kier molecular flexibility index (Phi) is 5.36. The first kappa shape index (κ1) is 14.5. The number of nitrogens with two attached hydrogens (primary N) is 1. The van der Waals surface area contributed by atoms with E-state index >= 15 is 0 Å². The van der Waals surface area contributed by atoms with Crippen LogP contribution in [0.15, 0.2) is 28.7 Å². The molecule has 1 unspecified atom stereocenters. The summed E-state index contributed by atoms with van der Waals surface area (Å²) in [6, 6.07) is 7.79. The van der Waals surface area contributed by atoms with Crippen molar-refractivity contribution in [2.75, 3.05) is 13.2 Å². The zero-order valence-corrected chi connectivity index (χ0v) is 12.4. The molecule has 1 aliphatic heterocycles. The largest absolute Gasteiger partial charge is 0.336 e. The van der Waals surface area contributed by atoms with Gasteiger partial charge in [-0.25, -0.2) is 5.90 Å². The van der Waals surface area contributed by atoms with Gasteiger partial charge in [0.2, 0.25) is 0 Å². The molecule has 1 atom stereocenters. The second-order valence-electron chi connectivity index (χ2n) is 4.79. The zero-order valence-electron chi connectivity index (χ0n) is 10.8. The summed E-state index contributed by atoms with van der Waals surface area (Å²) in [6.07, 6.45) is 4.05. The van der Waals surface area contributed by atoms with E-state index < -0.39 is 0 Å². The molecule has 104 valence electrons. The van der Waals surface area contributed by atoms with Crippen LogP contribution in [0.5, 0.6) is 0 Å². The van der Waals surface area contributed by atoms with E-state index in [1.165, 1.54) is 0 Å². The molecule has 1 fully saturated rings. The van der Waals surface area contributed by atoms with Crippen molar-refractivity contribution in [1.82, 2.24) is 4.90 Å². The average molecular weight is 327 g/mol. The number of hydrogen-bond donors (Lipinski definition) is 1. The highest BCUT2D eigenvalue weighted by atomic mass is 79.9. The Morgan fingerprint density at radius 1 is 1.42 bits per heavy atom. The highest BCUT2D eigenvalue weighted by Gasteiger charge is 2.27. The zero-order chi connectivity index (χ0) is 13.7. The molecule has 0 aliphatic carbocycles. The predicted molar refractivity (Wildman–Crippen MR) is 77.6 cm³/mol. The molecule has 1 aromatic carbocycles. The minimum absolute atomic E-state index is 0.0918. The van der Waals surface area contributed by atoms with Crippen LogP contribution in [0.1, 0.15) is 36.0 Å². The Bertz CT molecular complexity index is 439. The van der Waals surface area contributed by atoms with Crippen molar-refractivity contribution in [2.45, 2.75) is 31.7 Å². The lowest BCUT2D eigenvalue weighted by atomic mass is 9.98. The summed E-state index contributed by atoms with van der Waals surface area (Å²) in [6.45, 7) is 1.31. The smallest absolute Gasteiger partial charge is 0.255 e. The number of likely N-dealkylation sites (tertiary alicyclic amines) is 1. The fourth-order valence-corrected chi connectivity index (χ4v) is 3.02. The summed E-state index contributed by atoms with van der Waals surface area (Å²) in [5, 5.41) is 0. The van der Waals surface area contributed by atoms with Gasteiger partial charge in [0.25, 0.3) is 5.91 Å². The highest BCUT2D eigenvalue weighted by Crippen LogP contribution is 2.25. The van der Waals surface area contributed by atoms with Gasteiger partial charge in [0.1, 0.15) is 0 Å². The molecular weight excluding hydrogens is 308 g/mol. The second-order valence-corrected chi connectivity index (χ2v) is 5.64. The lowest BCUT2D eigenvalue weighted by Gasteiger charge is -2.36. The van der Waals surface area contributed by atoms with Crippen molar-refractivity contribution in [1.29, 1.82) is 0 Å². The van der Waals surface area contributed by atoms with E-state index in [0.29, 0.717) is 6.61 Å². The van der Waals surface area contributed by atoms with E-state index in [1.54, 1.807) is 0 Å². The Balaban J connectivity index is 2.13. The van der Waals surface area contributed by atoms with Crippen molar-refractivity contribution in [2.24, 2.45) is 5.90 Å². The third kappa shape index (κ3) is 3.55. The van der Waals surface area contributed by atoms with Gasteiger partial charge in [-0.1, -0.05) is 12.1 Å². The first-order valence-electron chi connectivity index (χ1n) is 6.61. The van der Waals surface area contributed by atoms with Crippen LogP contribution in [-0.4, -0.2) is 30.0 Å². The Hall–Kier alpha value is -0.910. The second kappa shape index (κ2) is 7.03. The monoisotopic (exact) mass is 326 g/mol. The molecular formula is C14H19BrN2O2. The number of nitrogens with zero attached hydrogens (tertiary/aromatic N) is 1. The van der Waals surface area contributed by atoms with Crippen molar-refractivity contribution >= 4 is 21.8 Å². The maximum Gasteiger partial charge on any atom is 0.255 e. The van der Waals surface area contributed by atoms with Gasteiger partial charge in [-0.2, -0.15) is 0 Å². The van der Waals surface area contributed by atoms with Crippen LogP contribution in [-0.2, 0) is 4.84 Å². The third-order valence-corrected chi connectivity index (χ3v) is 4.25. The van der Waals surface area contributed by atoms with E-state index in [2.05, 4.69) is 20.8 Å². The summed E-state index contributed by atoms with van der Waals surface area (Å²) in [4.78, 5) is 19.2. The quantitative estimate of drug-likeness (QED) is 0.865. The molecule has 1 heterocycles. The van der Waals surface area contributed by atoms with Crippen molar-refractivity contribution < 1.29 is 9.63 Å². The Morgan fingerprint density at radius 2 is 2.21 bits per heavy atom. The first-order valence-corrected chi connectivity index (χ1v) is 7.40. The van der Waals surface area contributed by atoms with Gasteiger partial charge in [-0.15, -0.1) is 0 Å². The van der Waals surface area contributed by atoms with Crippen LogP contribution < -0.4 is 5.90 Å². The van der Waals surface area contributed by atoms with E-state index in [-0.39, 0.29) is 11.9 Å². The lowest BCUT2D eigenvalue weighted by Crippen LogP contribution is -2.44. The summed E-state index contributed by atoms with van der Waals surface area (Å²) < 4.78 is 0.847. The van der Waals surface area contributed by atoms with Gasteiger partial charge in [-0.05, 0) is 53.7 Å². The number of piperidine rings is 1.